The first-order valence-corrected chi connectivity index (χ1v) is 8.01. The van der Waals surface area contributed by atoms with Gasteiger partial charge in [-0.2, -0.15) is 0 Å². The Hall–Kier alpha value is -1.15. The van der Waals surface area contributed by atoms with Gasteiger partial charge in [-0.3, -0.25) is 0 Å². The lowest BCUT2D eigenvalue weighted by Gasteiger charge is -2.28. The molecular weight excluding hydrogens is 385 g/mol. The van der Waals surface area contributed by atoms with Gasteiger partial charge >= 0.3 is 11.9 Å². The maximum absolute atomic E-state index is 12.1. The molecule has 0 bridgehead atoms. The van der Waals surface area contributed by atoms with Crippen LogP contribution in [0.5, 0.6) is 0 Å². The molecule has 0 aliphatic rings. The molecular formula is C15H20INO4. The predicted molar refractivity (Wildman–Crippen MR) is 87.9 cm³/mol. The van der Waals surface area contributed by atoms with Gasteiger partial charge in [0, 0.05) is 4.43 Å². The molecule has 1 atom stereocenters. The number of hydrogen-bond acceptors (Lipinski definition) is 5. The molecule has 0 saturated heterocycles. The third-order valence-corrected chi connectivity index (χ3v) is 3.75. The summed E-state index contributed by atoms with van der Waals surface area (Å²) in [5, 5.41) is 0. The molecule has 116 valence electrons. The van der Waals surface area contributed by atoms with Crippen LogP contribution in [-0.4, -0.2) is 27.5 Å². The summed E-state index contributed by atoms with van der Waals surface area (Å²) >= 11 is 1.88. The summed E-state index contributed by atoms with van der Waals surface area (Å²) in [5.74, 6) is -1.56. The second-order valence-corrected chi connectivity index (χ2v) is 6.43. The number of carbonyl (C=O) groups is 2. The smallest absolute Gasteiger partial charge is 0.339 e. The highest BCUT2D eigenvalue weighted by atomic mass is 127. The summed E-state index contributed by atoms with van der Waals surface area (Å²) in [5.41, 5.74) is 4.22. The summed E-state index contributed by atoms with van der Waals surface area (Å²) in [4.78, 5) is 24.3. The van der Waals surface area contributed by atoms with Crippen LogP contribution in [-0.2, 0) is 25.7 Å². The van der Waals surface area contributed by atoms with E-state index in [4.69, 9.17) is 15.2 Å². The normalized spacial score (nSPS) is 14.1. The van der Waals surface area contributed by atoms with Gasteiger partial charge in [0.2, 0.25) is 5.54 Å². The Kier molecular flexibility index (Phi) is 6.15. The number of halogens is 1. The monoisotopic (exact) mass is 405 g/mol. The van der Waals surface area contributed by atoms with E-state index in [0.717, 1.165) is 5.56 Å². The van der Waals surface area contributed by atoms with Crippen LogP contribution in [0.1, 0.15) is 26.3 Å². The van der Waals surface area contributed by atoms with Crippen LogP contribution in [0.3, 0.4) is 0 Å². The number of carbonyl (C=O) groups excluding carboxylic acids is 2. The molecule has 6 heteroatoms. The van der Waals surface area contributed by atoms with E-state index in [1.54, 1.807) is 20.8 Å². The average molecular weight is 405 g/mol. The highest BCUT2D eigenvalue weighted by molar-refractivity contribution is 14.1. The molecule has 5 nitrogen and oxygen atoms in total. The second-order valence-electron chi connectivity index (χ2n) is 5.67. The lowest BCUT2D eigenvalue weighted by atomic mass is 10.0. The molecule has 1 aromatic carbocycles. The molecule has 0 heterocycles. The summed E-state index contributed by atoms with van der Waals surface area (Å²) in [6, 6.07) is 9.19. The van der Waals surface area contributed by atoms with Crippen molar-refractivity contribution < 1.29 is 19.1 Å². The topological polar surface area (TPSA) is 78.6 Å². The van der Waals surface area contributed by atoms with Crippen molar-refractivity contribution in [3.63, 3.8) is 0 Å². The highest BCUT2D eigenvalue weighted by Crippen LogP contribution is 2.17. The maximum Gasteiger partial charge on any atom is 0.339 e. The van der Waals surface area contributed by atoms with Crippen LogP contribution in [0, 0.1) is 0 Å². The average Bonchev–Trinajstić information content (AvgIpc) is 2.43. The zero-order chi connectivity index (χ0) is 16.1. The first-order valence-electron chi connectivity index (χ1n) is 6.48. The number of esters is 2. The van der Waals surface area contributed by atoms with E-state index in [9.17, 15) is 9.59 Å². The number of hydrogen-bond donors (Lipinski definition) is 1. The van der Waals surface area contributed by atoms with Crippen LogP contribution in [0.15, 0.2) is 30.3 Å². The molecule has 0 fully saturated rings. The molecule has 0 radical (unpaired) electrons. The Morgan fingerprint density at radius 2 is 1.71 bits per heavy atom. The standard InChI is InChI=1S/C15H20INO4/c1-14(2,3)21-13(19)15(17,10-16)12(18)20-9-11-7-5-4-6-8-11/h4-8H,9-10,17H2,1-3H3. The third-order valence-electron chi connectivity index (χ3n) is 2.55. The van der Waals surface area contributed by atoms with Crippen LogP contribution in [0.4, 0.5) is 0 Å². The molecule has 0 aliphatic carbocycles. The summed E-state index contributed by atoms with van der Waals surface area (Å²) in [6.07, 6.45) is 0. The van der Waals surface area contributed by atoms with Crippen molar-refractivity contribution in [2.24, 2.45) is 5.73 Å². The molecule has 21 heavy (non-hydrogen) atoms. The van der Waals surface area contributed by atoms with Crippen molar-refractivity contribution in [2.45, 2.75) is 38.5 Å². The number of benzene rings is 1. The van der Waals surface area contributed by atoms with Gasteiger partial charge in [-0.1, -0.05) is 52.9 Å². The summed E-state index contributed by atoms with van der Waals surface area (Å²) in [7, 11) is 0. The molecule has 1 rings (SSSR count). The van der Waals surface area contributed by atoms with E-state index in [2.05, 4.69) is 0 Å². The molecule has 1 unspecified atom stereocenters. The quantitative estimate of drug-likeness (QED) is 0.352. The van der Waals surface area contributed by atoms with Gasteiger partial charge in [-0.15, -0.1) is 0 Å². The van der Waals surface area contributed by atoms with Crippen LogP contribution < -0.4 is 5.73 Å². The minimum atomic E-state index is -1.79. The molecule has 0 aliphatic heterocycles. The van der Waals surface area contributed by atoms with Crippen molar-refractivity contribution in [2.75, 3.05) is 4.43 Å². The SMILES string of the molecule is CC(C)(C)OC(=O)C(N)(CI)C(=O)OCc1ccccc1. The number of nitrogens with two attached hydrogens (primary N) is 1. The molecule has 2 N–H and O–H groups in total. The summed E-state index contributed by atoms with van der Waals surface area (Å²) < 4.78 is 10.4. The second kappa shape index (κ2) is 7.22. The van der Waals surface area contributed by atoms with Crippen LogP contribution >= 0.6 is 22.6 Å². The highest BCUT2D eigenvalue weighted by Gasteiger charge is 2.46. The van der Waals surface area contributed by atoms with Gasteiger partial charge in [0.1, 0.15) is 12.2 Å². The zero-order valence-corrected chi connectivity index (χ0v) is 14.5. The minimum absolute atomic E-state index is 0.0675. The lowest BCUT2D eigenvalue weighted by Crippen LogP contribution is -2.59. The van der Waals surface area contributed by atoms with E-state index in [0.29, 0.717) is 0 Å². The Morgan fingerprint density at radius 3 is 2.19 bits per heavy atom. The van der Waals surface area contributed by atoms with E-state index in [1.807, 2.05) is 52.9 Å². The van der Waals surface area contributed by atoms with E-state index in [1.165, 1.54) is 0 Å². The largest absolute Gasteiger partial charge is 0.459 e. The number of ether oxygens (including phenoxy) is 2. The van der Waals surface area contributed by atoms with E-state index >= 15 is 0 Å². The Balaban J connectivity index is 2.73. The van der Waals surface area contributed by atoms with E-state index in [-0.39, 0.29) is 11.0 Å². The van der Waals surface area contributed by atoms with Gasteiger partial charge in [-0.25, -0.2) is 9.59 Å². The van der Waals surface area contributed by atoms with Gasteiger partial charge < -0.3 is 15.2 Å². The molecule has 0 aromatic heterocycles. The van der Waals surface area contributed by atoms with Gasteiger partial charge in [0.05, 0.1) is 0 Å². The predicted octanol–water partition coefficient (Wildman–Crippen LogP) is 2.20. The Bertz CT molecular complexity index is 498. The van der Waals surface area contributed by atoms with Crippen molar-refractivity contribution in [1.29, 1.82) is 0 Å². The fourth-order valence-corrected chi connectivity index (χ4v) is 2.04. The van der Waals surface area contributed by atoms with Crippen LogP contribution in [0.25, 0.3) is 0 Å². The van der Waals surface area contributed by atoms with Gasteiger partial charge in [0.25, 0.3) is 0 Å². The molecule has 0 amide bonds. The summed E-state index contributed by atoms with van der Waals surface area (Å²) in [6.45, 7) is 5.22. The lowest BCUT2D eigenvalue weighted by molar-refractivity contribution is -0.170. The fraction of sp³-hybridized carbons (Fsp3) is 0.467. The van der Waals surface area contributed by atoms with Crippen molar-refractivity contribution >= 4 is 34.5 Å². The molecule has 1 aromatic rings. The van der Waals surface area contributed by atoms with Crippen molar-refractivity contribution in [1.82, 2.24) is 0 Å². The van der Waals surface area contributed by atoms with E-state index < -0.39 is 23.1 Å². The maximum atomic E-state index is 12.1. The van der Waals surface area contributed by atoms with Gasteiger partial charge in [0.15, 0.2) is 0 Å². The fourth-order valence-electron chi connectivity index (χ4n) is 1.41. The zero-order valence-electron chi connectivity index (χ0n) is 12.4. The first kappa shape index (κ1) is 17.9. The Labute approximate surface area is 138 Å². The third kappa shape index (κ3) is 5.28. The minimum Gasteiger partial charge on any atom is -0.459 e. The number of rotatable bonds is 5. The van der Waals surface area contributed by atoms with Crippen molar-refractivity contribution in [3.8, 4) is 0 Å². The molecule has 0 saturated carbocycles. The number of alkyl halides is 1. The van der Waals surface area contributed by atoms with Crippen molar-refractivity contribution in [3.05, 3.63) is 35.9 Å². The first-order chi connectivity index (χ1) is 9.69. The van der Waals surface area contributed by atoms with Gasteiger partial charge in [-0.05, 0) is 26.3 Å². The molecule has 0 spiro atoms. The van der Waals surface area contributed by atoms with Crippen LogP contribution in [0.2, 0.25) is 0 Å². The Morgan fingerprint density at radius 1 is 1.14 bits per heavy atom.